The van der Waals surface area contributed by atoms with Crippen molar-refractivity contribution in [1.82, 2.24) is 0 Å². The summed E-state index contributed by atoms with van der Waals surface area (Å²) in [6.45, 7) is 0.920. The van der Waals surface area contributed by atoms with Crippen LogP contribution in [0.4, 0.5) is 0 Å². The fourth-order valence-electron chi connectivity index (χ4n) is 1.24. The van der Waals surface area contributed by atoms with E-state index in [-0.39, 0.29) is 5.92 Å². The molecule has 0 aliphatic carbocycles. The van der Waals surface area contributed by atoms with Gasteiger partial charge in [0, 0.05) is 0 Å². The summed E-state index contributed by atoms with van der Waals surface area (Å²) in [6.07, 6.45) is 5.83. The summed E-state index contributed by atoms with van der Waals surface area (Å²) in [5, 5.41) is 8.34. The van der Waals surface area contributed by atoms with Crippen LogP contribution >= 0.6 is 0 Å². The zero-order valence-electron chi connectivity index (χ0n) is 8.52. The quantitative estimate of drug-likeness (QED) is 0.538. The Morgan fingerprint density at radius 3 is 2.67 bits per heavy atom. The molecule has 0 aromatic heterocycles. The highest BCUT2D eigenvalue weighted by Gasteiger charge is 2.07. The SMILES string of the molecule is C#CC(COCCC#N)c1ccccc1. The molecule has 0 radical (unpaired) electrons. The number of ether oxygens (including phenoxy) is 1. The van der Waals surface area contributed by atoms with Gasteiger partial charge in [-0.25, -0.2) is 0 Å². The molecule has 1 aromatic carbocycles. The van der Waals surface area contributed by atoms with Gasteiger partial charge < -0.3 is 4.74 Å². The lowest BCUT2D eigenvalue weighted by Gasteiger charge is -2.10. The Morgan fingerprint density at radius 2 is 2.07 bits per heavy atom. The number of nitriles is 1. The number of terminal acetylenes is 1. The van der Waals surface area contributed by atoms with E-state index in [1.54, 1.807) is 0 Å². The van der Waals surface area contributed by atoms with Crippen molar-refractivity contribution < 1.29 is 4.74 Å². The van der Waals surface area contributed by atoms with Gasteiger partial charge in [-0.15, -0.1) is 6.42 Å². The Bertz CT molecular complexity index is 358. The van der Waals surface area contributed by atoms with E-state index in [4.69, 9.17) is 16.4 Å². The van der Waals surface area contributed by atoms with Crippen LogP contribution in [0.1, 0.15) is 17.9 Å². The van der Waals surface area contributed by atoms with Crippen LogP contribution in [0.5, 0.6) is 0 Å². The van der Waals surface area contributed by atoms with E-state index in [1.165, 1.54) is 0 Å². The minimum Gasteiger partial charge on any atom is -0.379 e. The van der Waals surface area contributed by atoms with Gasteiger partial charge >= 0.3 is 0 Å². The number of rotatable bonds is 5. The van der Waals surface area contributed by atoms with Crippen molar-refractivity contribution in [2.45, 2.75) is 12.3 Å². The normalized spacial score (nSPS) is 11.3. The molecule has 1 aromatic rings. The summed E-state index contributed by atoms with van der Waals surface area (Å²) in [5.74, 6) is 2.66. The first-order chi connectivity index (χ1) is 7.38. The largest absolute Gasteiger partial charge is 0.379 e. The fourth-order valence-corrected chi connectivity index (χ4v) is 1.24. The second-order valence-electron chi connectivity index (χ2n) is 3.11. The molecule has 0 saturated carbocycles. The van der Waals surface area contributed by atoms with Crippen molar-refractivity contribution >= 4 is 0 Å². The maximum Gasteiger partial charge on any atom is 0.0683 e. The smallest absolute Gasteiger partial charge is 0.0683 e. The maximum absolute atomic E-state index is 8.34. The molecule has 1 rings (SSSR count). The molecular weight excluding hydrogens is 186 g/mol. The van der Waals surface area contributed by atoms with E-state index in [0.717, 1.165) is 5.56 Å². The first-order valence-electron chi connectivity index (χ1n) is 4.84. The Kier molecular flexibility index (Phi) is 5.01. The van der Waals surface area contributed by atoms with Crippen LogP contribution in [0.15, 0.2) is 30.3 Å². The lowest BCUT2D eigenvalue weighted by Crippen LogP contribution is -2.06. The average Bonchev–Trinajstić information content (AvgIpc) is 2.30. The Balaban J connectivity index is 2.45. The standard InChI is InChI=1S/C13H13NO/c1-2-12(11-15-10-6-9-14)13-7-4-3-5-8-13/h1,3-5,7-8,12H,6,10-11H2. The molecule has 2 nitrogen and oxygen atoms in total. The van der Waals surface area contributed by atoms with Crippen LogP contribution < -0.4 is 0 Å². The molecule has 0 bridgehead atoms. The van der Waals surface area contributed by atoms with E-state index in [2.05, 4.69) is 5.92 Å². The zero-order chi connectivity index (χ0) is 10.9. The van der Waals surface area contributed by atoms with E-state index in [9.17, 15) is 0 Å². The molecule has 0 aliphatic rings. The van der Waals surface area contributed by atoms with E-state index >= 15 is 0 Å². The monoisotopic (exact) mass is 199 g/mol. The number of benzene rings is 1. The lowest BCUT2D eigenvalue weighted by atomic mass is 10.0. The van der Waals surface area contributed by atoms with Crippen LogP contribution in [0, 0.1) is 23.7 Å². The molecule has 15 heavy (non-hydrogen) atoms. The van der Waals surface area contributed by atoms with Gasteiger partial charge in [-0.1, -0.05) is 36.3 Å². The summed E-state index contributed by atoms with van der Waals surface area (Å²) in [4.78, 5) is 0. The van der Waals surface area contributed by atoms with Crippen LogP contribution in [0.3, 0.4) is 0 Å². The summed E-state index contributed by atoms with van der Waals surface area (Å²) in [7, 11) is 0. The van der Waals surface area contributed by atoms with Crippen molar-refractivity contribution in [2.75, 3.05) is 13.2 Å². The first kappa shape index (κ1) is 11.3. The van der Waals surface area contributed by atoms with Gasteiger partial charge in [-0.05, 0) is 5.56 Å². The molecule has 0 fully saturated rings. The Labute approximate surface area is 90.5 Å². The molecular formula is C13H13NO. The predicted octanol–water partition coefficient (Wildman–Crippen LogP) is 2.33. The molecule has 2 heteroatoms. The average molecular weight is 199 g/mol. The van der Waals surface area contributed by atoms with Crippen LogP contribution in [0.25, 0.3) is 0 Å². The third-order valence-electron chi connectivity index (χ3n) is 2.05. The molecule has 0 N–H and O–H groups in total. The Hall–Kier alpha value is -1.77. The van der Waals surface area contributed by atoms with Gasteiger partial charge in [0.05, 0.1) is 31.6 Å². The van der Waals surface area contributed by atoms with Gasteiger partial charge in [-0.2, -0.15) is 5.26 Å². The van der Waals surface area contributed by atoms with Gasteiger partial charge in [0.2, 0.25) is 0 Å². The molecule has 1 atom stereocenters. The molecule has 0 spiro atoms. The summed E-state index contributed by atoms with van der Waals surface area (Å²) >= 11 is 0. The summed E-state index contributed by atoms with van der Waals surface area (Å²) in [6, 6.07) is 11.8. The van der Waals surface area contributed by atoms with Gasteiger partial charge in [0.1, 0.15) is 0 Å². The van der Waals surface area contributed by atoms with Crippen LogP contribution in [0.2, 0.25) is 0 Å². The highest BCUT2D eigenvalue weighted by Crippen LogP contribution is 2.14. The van der Waals surface area contributed by atoms with Crippen molar-refractivity contribution in [3.05, 3.63) is 35.9 Å². The molecule has 0 heterocycles. The third kappa shape index (κ3) is 3.85. The number of hydrogen-bond acceptors (Lipinski definition) is 2. The van der Waals surface area contributed by atoms with Crippen LogP contribution in [-0.2, 0) is 4.74 Å². The molecule has 0 amide bonds. The first-order valence-corrected chi connectivity index (χ1v) is 4.84. The zero-order valence-corrected chi connectivity index (χ0v) is 8.52. The highest BCUT2D eigenvalue weighted by atomic mass is 16.5. The predicted molar refractivity (Wildman–Crippen MR) is 59.1 cm³/mol. The van der Waals surface area contributed by atoms with E-state index < -0.39 is 0 Å². The van der Waals surface area contributed by atoms with Gasteiger partial charge in [0.15, 0.2) is 0 Å². The van der Waals surface area contributed by atoms with Gasteiger partial charge in [-0.3, -0.25) is 0 Å². The van der Waals surface area contributed by atoms with E-state index in [1.807, 2.05) is 36.4 Å². The minimum absolute atomic E-state index is 0.0232. The minimum atomic E-state index is -0.0232. The topological polar surface area (TPSA) is 33.0 Å². The molecule has 0 aliphatic heterocycles. The van der Waals surface area contributed by atoms with Crippen LogP contribution in [-0.4, -0.2) is 13.2 Å². The Morgan fingerprint density at radius 1 is 1.33 bits per heavy atom. The van der Waals surface area contributed by atoms with Crippen molar-refractivity contribution in [3.8, 4) is 18.4 Å². The number of nitrogens with zero attached hydrogens (tertiary/aromatic N) is 1. The summed E-state index contributed by atoms with van der Waals surface area (Å²) < 4.78 is 5.32. The second kappa shape index (κ2) is 6.65. The third-order valence-corrected chi connectivity index (χ3v) is 2.05. The molecule has 1 unspecified atom stereocenters. The molecule has 76 valence electrons. The van der Waals surface area contributed by atoms with Gasteiger partial charge in [0.25, 0.3) is 0 Å². The fraction of sp³-hybridized carbons (Fsp3) is 0.308. The van der Waals surface area contributed by atoms with E-state index in [0.29, 0.717) is 19.6 Å². The second-order valence-corrected chi connectivity index (χ2v) is 3.11. The molecule has 0 saturated heterocycles. The highest BCUT2D eigenvalue weighted by molar-refractivity contribution is 5.26. The van der Waals surface area contributed by atoms with Crippen molar-refractivity contribution in [1.29, 1.82) is 5.26 Å². The van der Waals surface area contributed by atoms with Crippen molar-refractivity contribution in [3.63, 3.8) is 0 Å². The lowest BCUT2D eigenvalue weighted by molar-refractivity contribution is 0.136. The van der Waals surface area contributed by atoms with Crippen molar-refractivity contribution in [2.24, 2.45) is 0 Å². The maximum atomic E-state index is 8.34. The summed E-state index contributed by atoms with van der Waals surface area (Å²) in [5.41, 5.74) is 1.08. The number of hydrogen-bond donors (Lipinski definition) is 0.